The number of nitrogens with one attached hydrogen (secondary N) is 1. The van der Waals surface area contributed by atoms with Crippen LogP contribution in [-0.4, -0.2) is 37.0 Å². The molecule has 5 heteroatoms. The lowest BCUT2D eigenvalue weighted by molar-refractivity contribution is -0.0102. The molecule has 0 aromatic heterocycles. The predicted molar refractivity (Wildman–Crippen MR) is 99.0 cm³/mol. The highest BCUT2D eigenvalue weighted by Gasteiger charge is 2.32. The Balaban J connectivity index is 1.65. The summed E-state index contributed by atoms with van der Waals surface area (Å²) >= 11 is 0. The number of hydrogen-bond acceptors (Lipinski definition) is 4. The van der Waals surface area contributed by atoms with Crippen molar-refractivity contribution in [1.82, 2.24) is 5.32 Å². The van der Waals surface area contributed by atoms with E-state index in [-0.39, 0.29) is 6.09 Å². The standard InChI is InChI=1S/C20H30N2O3/c1-5-24-17-11-16(12-17)21-13-15-8-6-7-14-9-10-22(18(14)15)19(23)25-20(2,3)4/h6-8,16-17,21H,5,9-13H2,1-4H3. The molecule has 25 heavy (non-hydrogen) atoms. The van der Waals surface area contributed by atoms with Gasteiger partial charge in [0.05, 0.1) is 11.8 Å². The number of ether oxygens (including phenoxy) is 2. The molecule has 0 spiro atoms. The molecule has 1 aromatic rings. The molecule has 5 nitrogen and oxygen atoms in total. The van der Waals surface area contributed by atoms with Crippen LogP contribution in [0.4, 0.5) is 10.5 Å². The van der Waals surface area contributed by atoms with Crippen LogP contribution in [0.2, 0.25) is 0 Å². The van der Waals surface area contributed by atoms with Crippen molar-refractivity contribution in [3.05, 3.63) is 29.3 Å². The molecule has 0 radical (unpaired) electrons. The first kappa shape index (κ1) is 18.2. The zero-order valence-electron chi connectivity index (χ0n) is 15.8. The number of nitrogens with zero attached hydrogens (tertiary/aromatic N) is 1. The van der Waals surface area contributed by atoms with E-state index in [9.17, 15) is 4.79 Å². The number of carbonyl (C=O) groups is 1. The highest BCUT2D eigenvalue weighted by Crippen LogP contribution is 2.33. The number of hydrogen-bond donors (Lipinski definition) is 1. The summed E-state index contributed by atoms with van der Waals surface area (Å²) < 4.78 is 11.2. The van der Waals surface area contributed by atoms with Crippen LogP contribution in [0.3, 0.4) is 0 Å². The smallest absolute Gasteiger partial charge is 0.414 e. The van der Waals surface area contributed by atoms with E-state index in [1.165, 1.54) is 11.1 Å². The van der Waals surface area contributed by atoms with Crippen molar-refractivity contribution in [2.45, 2.75) is 71.2 Å². The average molecular weight is 346 g/mol. The number of fused-ring (bicyclic) bond motifs is 1. The van der Waals surface area contributed by atoms with E-state index < -0.39 is 5.60 Å². The lowest BCUT2D eigenvalue weighted by Gasteiger charge is -2.36. The minimum atomic E-state index is -0.479. The maximum absolute atomic E-state index is 12.6. The molecule has 1 amide bonds. The summed E-state index contributed by atoms with van der Waals surface area (Å²) in [6.07, 6.45) is 3.18. The third-order valence-corrected chi connectivity index (χ3v) is 4.77. The largest absolute Gasteiger partial charge is 0.443 e. The van der Waals surface area contributed by atoms with Crippen LogP contribution in [0.1, 0.15) is 51.7 Å². The van der Waals surface area contributed by atoms with Gasteiger partial charge in [-0.3, -0.25) is 4.90 Å². The van der Waals surface area contributed by atoms with Crippen LogP contribution < -0.4 is 10.2 Å². The first-order valence-electron chi connectivity index (χ1n) is 9.33. The summed E-state index contributed by atoms with van der Waals surface area (Å²) in [6.45, 7) is 10.00. The molecule has 1 N–H and O–H groups in total. The highest BCUT2D eigenvalue weighted by molar-refractivity contribution is 5.91. The summed E-state index contributed by atoms with van der Waals surface area (Å²) in [5.41, 5.74) is 2.95. The molecule has 2 aliphatic rings. The van der Waals surface area contributed by atoms with Gasteiger partial charge in [0.25, 0.3) is 0 Å². The van der Waals surface area contributed by atoms with Gasteiger partial charge in [-0.2, -0.15) is 0 Å². The molecular weight excluding hydrogens is 316 g/mol. The van der Waals surface area contributed by atoms with Crippen molar-refractivity contribution in [3.63, 3.8) is 0 Å². The summed E-state index contributed by atoms with van der Waals surface area (Å²) in [6, 6.07) is 6.80. The number of rotatable bonds is 5. The summed E-state index contributed by atoms with van der Waals surface area (Å²) in [4.78, 5) is 14.4. The zero-order valence-corrected chi connectivity index (χ0v) is 15.8. The second-order valence-electron chi connectivity index (χ2n) is 7.93. The van der Waals surface area contributed by atoms with Gasteiger partial charge in [-0.05, 0) is 58.1 Å². The van der Waals surface area contributed by atoms with E-state index in [0.29, 0.717) is 18.7 Å². The van der Waals surface area contributed by atoms with Crippen LogP contribution in [0.5, 0.6) is 0 Å². The molecule has 138 valence electrons. The minimum Gasteiger partial charge on any atom is -0.443 e. The van der Waals surface area contributed by atoms with Crippen LogP contribution in [0.15, 0.2) is 18.2 Å². The summed E-state index contributed by atoms with van der Waals surface area (Å²) in [5.74, 6) is 0. The fourth-order valence-corrected chi connectivity index (χ4v) is 3.54. The first-order chi connectivity index (χ1) is 11.9. The van der Waals surface area contributed by atoms with Crippen molar-refractivity contribution in [3.8, 4) is 0 Å². The molecule has 1 aromatic carbocycles. The van der Waals surface area contributed by atoms with Gasteiger partial charge in [-0.25, -0.2) is 4.79 Å². The molecule has 1 aliphatic carbocycles. The second kappa shape index (κ2) is 7.34. The fraction of sp³-hybridized carbons (Fsp3) is 0.650. The molecule has 1 heterocycles. The molecule has 0 saturated heterocycles. The van der Waals surface area contributed by atoms with Crippen molar-refractivity contribution < 1.29 is 14.3 Å². The Morgan fingerprint density at radius 2 is 2.08 bits per heavy atom. The predicted octanol–water partition coefficient (Wildman–Crippen LogP) is 3.64. The fourth-order valence-electron chi connectivity index (χ4n) is 3.54. The molecule has 3 rings (SSSR count). The first-order valence-corrected chi connectivity index (χ1v) is 9.33. The van der Waals surface area contributed by atoms with Crippen LogP contribution in [0.25, 0.3) is 0 Å². The van der Waals surface area contributed by atoms with E-state index in [1.54, 1.807) is 4.90 Å². The van der Waals surface area contributed by atoms with Gasteiger partial charge in [0.2, 0.25) is 0 Å². The van der Waals surface area contributed by atoms with Crippen molar-refractivity contribution >= 4 is 11.8 Å². The molecular formula is C20H30N2O3. The van der Waals surface area contributed by atoms with Crippen molar-refractivity contribution in [1.29, 1.82) is 0 Å². The SMILES string of the molecule is CCOC1CC(NCc2cccc3c2N(C(=O)OC(C)(C)C)CC3)C1. The summed E-state index contributed by atoms with van der Waals surface area (Å²) in [5, 5.41) is 3.60. The third-order valence-electron chi connectivity index (χ3n) is 4.77. The maximum atomic E-state index is 12.6. The molecule has 1 saturated carbocycles. The zero-order chi connectivity index (χ0) is 18.0. The van der Waals surface area contributed by atoms with Gasteiger partial charge in [-0.15, -0.1) is 0 Å². The van der Waals surface area contributed by atoms with E-state index in [4.69, 9.17) is 9.47 Å². The molecule has 0 bridgehead atoms. The summed E-state index contributed by atoms with van der Waals surface area (Å²) in [7, 11) is 0. The average Bonchev–Trinajstić information content (AvgIpc) is 2.92. The number of carbonyl (C=O) groups excluding carboxylic acids is 1. The van der Waals surface area contributed by atoms with Gasteiger partial charge < -0.3 is 14.8 Å². The van der Waals surface area contributed by atoms with Crippen molar-refractivity contribution in [2.24, 2.45) is 0 Å². The van der Waals surface area contributed by atoms with Crippen LogP contribution in [-0.2, 0) is 22.4 Å². The Morgan fingerprint density at radius 1 is 1.32 bits per heavy atom. The number of benzene rings is 1. The Bertz CT molecular complexity index is 618. The Morgan fingerprint density at radius 3 is 2.76 bits per heavy atom. The monoisotopic (exact) mass is 346 g/mol. The molecule has 1 fully saturated rings. The van der Waals surface area contributed by atoms with Gasteiger partial charge in [-0.1, -0.05) is 18.2 Å². The Hall–Kier alpha value is -1.59. The van der Waals surface area contributed by atoms with Gasteiger partial charge in [0.15, 0.2) is 0 Å². The topological polar surface area (TPSA) is 50.8 Å². The van der Waals surface area contributed by atoms with Gasteiger partial charge in [0, 0.05) is 25.7 Å². The number of anilines is 1. The minimum absolute atomic E-state index is 0.251. The maximum Gasteiger partial charge on any atom is 0.414 e. The second-order valence-corrected chi connectivity index (χ2v) is 7.93. The quantitative estimate of drug-likeness (QED) is 0.884. The lowest BCUT2D eigenvalue weighted by Crippen LogP contribution is -2.45. The van der Waals surface area contributed by atoms with Gasteiger partial charge in [0.1, 0.15) is 5.60 Å². The van der Waals surface area contributed by atoms with Gasteiger partial charge >= 0.3 is 6.09 Å². The van der Waals surface area contributed by atoms with Crippen LogP contribution >= 0.6 is 0 Å². The molecule has 0 unspecified atom stereocenters. The molecule has 1 aliphatic heterocycles. The van der Waals surface area contributed by atoms with Crippen molar-refractivity contribution in [2.75, 3.05) is 18.1 Å². The number of para-hydroxylation sites is 1. The molecule has 0 atom stereocenters. The highest BCUT2D eigenvalue weighted by atomic mass is 16.6. The lowest BCUT2D eigenvalue weighted by atomic mass is 9.89. The Labute approximate surface area is 150 Å². The van der Waals surface area contributed by atoms with Crippen LogP contribution in [0, 0.1) is 0 Å². The van der Waals surface area contributed by atoms with E-state index in [0.717, 1.165) is 38.1 Å². The normalized spacial score (nSPS) is 22.5. The number of amides is 1. The van der Waals surface area contributed by atoms with E-state index in [2.05, 4.69) is 23.5 Å². The third kappa shape index (κ3) is 4.33. The Kier molecular flexibility index (Phi) is 5.35. The van der Waals surface area contributed by atoms with E-state index in [1.807, 2.05) is 27.7 Å². The van der Waals surface area contributed by atoms with E-state index >= 15 is 0 Å².